The Morgan fingerprint density at radius 2 is 2.27 bits per heavy atom. The number of carbonyl (C=O) groups is 1. The SMILES string of the molecule is CC1(C)COC/C(=C\O)C1=O. The van der Waals surface area contributed by atoms with Gasteiger partial charge in [0.2, 0.25) is 0 Å². The average Bonchev–Trinajstić information content (AvgIpc) is 1.95. The third-order valence-corrected chi connectivity index (χ3v) is 1.78. The molecule has 62 valence electrons. The van der Waals surface area contributed by atoms with Crippen molar-refractivity contribution in [3.8, 4) is 0 Å². The van der Waals surface area contributed by atoms with E-state index in [4.69, 9.17) is 9.84 Å². The topological polar surface area (TPSA) is 46.5 Å². The van der Waals surface area contributed by atoms with E-state index in [1.165, 1.54) is 0 Å². The summed E-state index contributed by atoms with van der Waals surface area (Å²) in [5.74, 6) is -0.0220. The van der Waals surface area contributed by atoms with Gasteiger partial charge in [0.05, 0.1) is 30.5 Å². The van der Waals surface area contributed by atoms with Crippen molar-refractivity contribution in [3.63, 3.8) is 0 Å². The number of aliphatic hydroxyl groups is 1. The van der Waals surface area contributed by atoms with Crippen molar-refractivity contribution in [2.24, 2.45) is 5.41 Å². The van der Waals surface area contributed by atoms with E-state index < -0.39 is 5.41 Å². The van der Waals surface area contributed by atoms with E-state index in [1.54, 1.807) is 13.8 Å². The van der Waals surface area contributed by atoms with E-state index in [0.717, 1.165) is 6.26 Å². The Morgan fingerprint density at radius 1 is 1.64 bits per heavy atom. The summed E-state index contributed by atoms with van der Waals surface area (Å²) in [4.78, 5) is 11.4. The summed E-state index contributed by atoms with van der Waals surface area (Å²) < 4.78 is 5.11. The van der Waals surface area contributed by atoms with E-state index in [9.17, 15) is 4.79 Å². The van der Waals surface area contributed by atoms with Gasteiger partial charge in [0.15, 0.2) is 5.78 Å². The summed E-state index contributed by atoms with van der Waals surface area (Å²) in [5.41, 5.74) is -0.117. The molecule has 1 fully saturated rings. The average molecular weight is 156 g/mol. The fourth-order valence-corrected chi connectivity index (χ4v) is 1.08. The monoisotopic (exact) mass is 156 g/mol. The molecule has 0 aromatic rings. The first kappa shape index (κ1) is 8.27. The second-order valence-electron chi connectivity index (χ2n) is 3.36. The van der Waals surface area contributed by atoms with E-state index in [1.807, 2.05) is 0 Å². The van der Waals surface area contributed by atoms with Gasteiger partial charge >= 0.3 is 0 Å². The summed E-state index contributed by atoms with van der Waals surface area (Å²) in [7, 11) is 0. The van der Waals surface area contributed by atoms with Crippen LogP contribution in [0.15, 0.2) is 11.8 Å². The summed E-state index contributed by atoms with van der Waals surface area (Å²) in [6, 6.07) is 0. The van der Waals surface area contributed by atoms with Gasteiger partial charge in [-0.2, -0.15) is 0 Å². The molecule has 0 radical (unpaired) electrons. The smallest absolute Gasteiger partial charge is 0.172 e. The number of Topliss-reactive ketones (excluding diaryl/α,β-unsaturated/α-hetero) is 1. The van der Waals surface area contributed by atoms with Crippen LogP contribution in [0.2, 0.25) is 0 Å². The predicted octanol–water partition coefficient (Wildman–Crippen LogP) is 1.05. The van der Waals surface area contributed by atoms with Crippen LogP contribution < -0.4 is 0 Å². The largest absolute Gasteiger partial charge is 0.515 e. The Balaban J connectivity index is 2.85. The first-order valence-corrected chi connectivity index (χ1v) is 3.54. The Bertz CT molecular complexity index is 203. The molecule has 0 spiro atoms. The van der Waals surface area contributed by atoms with Crippen LogP contribution in [0, 0.1) is 5.41 Å². The molecule has 0 bridgehead atoms. The van der Waals surface area contributed by atoms with Crippen LogP contribution in [0.5, 0.6) is 0 Å². The number of hydrogen-bond donors (Lipinski definition) is 1. The molecule has 1 N–H and O–H groups in total. The van der Waals surface area contributed by atoms with E-state index >= 15 is 0 Å². The first-order chi connectivity index (χ1) is 5.08. The molecule has 1 heterocycles. The van der Waals surface area contributed by atoms with Gasteiger partial charge in [-0.1, -0.05) is 13.8 Å². The molecule has 1 rings (SSSR count). The van der Waals surface area contributed by atoms with Crippen molar-refractivity contribution < 1.29 is 14.6 Å². The minimum atomic E-state index is -0.479. The van der Waals surface area contributed by atoms with E-state index in [0.29, 0.717) is 12.2 Å². The molecule has 1 aliphatic heterocycles. The highest BCUT2D eigenvalue weighted by Gasteiger charge is 2.34. The molecule has 0 unspecified atom stereocenters. The van der Waals surface area contributed by atoms with Crippen LogP contribution >= 0.6 is 0 Å². The third-order valence-electron chi connectivity index (χ3n) is 1.78. The summed E-state index contributed by atoms with van der Waals surface area (Å²) in [5, 5.41) is 8.63. The summed E-state index contributed by atoms with van der Waals surface area (Å²) in [6.07, 6.45) is 0.837. The van der Waals surface area contributed by atoms with Gasteiger partial charge < -0.3 is 9.84 Å². The maximum absolute atomic E-state index is 11.4. The highest BCUT2D eigenvalue weighted by molar-refractivity contribution is 6.00. The molecule has 3 nitrogen and oxygen atoms in total. The molecule has 0 aromatic heterocycles. The maximum atomic E-state index is 11.4. The third kappa shape index (κ3) is 1.43. The quantitative estimate of drug-likeness (QED) is 0.421. The van der Waals surface area contributed by atoms with Crippen LogP contribution in [-0.2, 0) is 9.53 Å². The van der Waals surface area contributed by atoms with E-state index in [-0.39, 0.29) is 12.4 Å². The molecule has 0 amide bonds. The molecule has 0 aromatic carbocycles. The van der Waals surface area contributed by atoms with Crippen molar-refractivity contribution in [1.82, 2.24) is 0 Å². The van der Waals surface area contributed by atoms with Crippen LogP contribution in [0.3, 0.4) is 0 Å². The molecule has 11 heavy (non-hydrogen) atoms. The number of rotatable bonds is 0. The number of carbonyl (C=O) groups excluding carboxylic acids is 1. The van der Waals surface area contributed by atoms with Gasteiger partial charge in [0.25, 0.3) is 0 Å². The van der Waals surface area contributed by atoms with Gasteiger partial charge in [0, 0.05) is 0 Å². The zero-order valence-electron chi connectivity index (χ0n) is 6.76. The minimum absolute atomic E-state index is 0.0220. The molecule has 3 heteroatoms. The first-order valence-electron chi connectivity index (χ1n) is 3.54. The Morgan fingerprint density at radius 3 is 2.73 bits per heavy atom. The van der Waals surface area contributed by atoms with Gasteiger partial charge in [-0.15, -0.1) is 0 Å². The standard InChI is InChI=1S/C8H12O3/c1-8(2)5-11-4-6(3-9)7(8)10/h3,9H,4-5H2,1-2H3/b6-3+. The maximum Gasteiger partial charge on any atom is 0.172 e. The fourth-order valence-electron chi connectivity index (χ4n) is 1.08. The van der Waals surface area contributed by atoms with Crippen molar-refractivity contribution >= 4 is 5.78 Å². The zero-order chi connectivity index (χ0) is 8.48. The predicted molar refractivity (Wildman–Crippen MR) is 40.3 cm³/mol. The Hall–Kier alpha value is -0.830. The Kier molecular flexibility index (Phi) is 2.00. The molecule has 0 saturated carbocycles. The van der Waals surface area contributed by atoms with Gasteiger partial charge in [-0.3, -0.25) is 4.79 Å². The van der Waals surface area contributed by atoms with Gasteiger partial charge in [-0.05, 0) is 0 Å². The second-order valence-corrected chi connectivity index (χ2v) is 3.36. The molecule has 0 atom stereocenters. The van der Waals surface area contributed by atoms with E-state index in [2.05, 4.69) is 0 Å². The molecular weight excluding hydrogens is 144 g/mol. The van der Waals surface area contributed by atoms with Crippen LogP contribution in [0.1, 0.15) is 13.8 Å². The Labute approximate surface area is 65.7 Å². The molecule has 0 aliphatic carbocycles. The number of ether oxygens (including phenoxy) is 1. The van der Waals surface area contributed by atoms with Crippen LogP contribution in [0.4, 0.5) is 0 Å². The minimum Gasteiger partial charge on any atom is -0.515 e. The summed E-state index contributed by atoms with van der Waals surface area (Å²) >= 11 is 0. The lowest BCUT2D eigenvalue weighted by Crippen LogP contribution is -2.37. The molecule has 1 aliphatic rings. The van der Waals surface area contributed by atoms with Crippen molar-refractivity contribution in [1.29, 1.82) is 0 Å². The lowest BCUT2D eigenvalue weighted by molar-refractivity contribution is -0.130. The van der Waals surface area contributed by atoms with Crippen molar-refractivity contribution in [3.05, 3.63) is 11.8 Å². The number of hydrogen-bond acceptors (Lipinski definition) is 3. The fraction of sp³-hybridized carbons (Fsp3) is 0.625. The zero-order valence-corrected chi connectivity index (χ0v) is 6.76. The number of ketones is 1. The molecule has 1 saturated heterocycles. The second kappa shape index (κ2) is 2.66. The van der Waals surface area contributed by atoms with Gasteiger partial charge in [0.1, 0.15) is 0 Å². The lowest BCUT2D eigenvalue weighted by Gasteiger charge is -2.28. The highest BCUT2D eigenvalue weighted by Crippen LogP contribution is 2.25. The number of aliphatic hydroxyl groups excluding tert-OH is 1. The van der Waals surface area contributed by atoms with Gasteiger partial charge in [-0.25, -0.2) is 0 Å². The summed E-state index contributed by atoms with van der Waals surface area (Å²) in [6.45, 7) is 4.28. The van der Waals surface area contributed by atoms with Crippen LogP contribution in [-0.4, -0.2) is 24.1 Å². The normalized spacial score (nSPS) is 27.5. The lowest BCUT2D eigenvalue weighted by atomic mass is 9.84. The molecular formula is C8H12O3. The van der Waals surface area contributed by atoms with Crippen LogP contribution in [0.25, 0.3) is 0 Å². The van der Waals surface area contributed by atoms with Crippen molar-refractivity contribution in [2.45, 2.75) is 13.8 Å². The highest BCUT2D eigenvalue weighted by atomic mass is 16.5. The van der Waals surface area contributed by atoms with Crippen molar-refractivity contribution in [2.75, 3.05) is 13.2 Å².